The number of hydrogen-bond donors (Lipinski definition) is 2. The van der Waals surface area contributed by atoms with E-state index in [4.69, 9.17) is 9.26 Å². The lowest BCUT2D eigenvalue weighted by Crippen LogP contribution is -2.36. The highest BCUT2D eigenvalue weighted by atomic mass is 127. The van der Waals surface area contributed by atoms with Crippen molar-refractivity contribution in [3.8, 4) is 5.88 Å². The van der Waals surface area contributed by atoms with Crippen molar-refractivity contribution in [3.63, 3.8) is 0 Å². The molecule has 0 fully saturated rings. The van der Waals surface area contributed by atoms with Crippen LogP contribution in [0, 0.1) is 0 Å². The highest BCUT2D eigenvalue weighted by Gasteiger charge is 2.13. The van der Waals surface area contributed by atoms with Gasteiger partial charge in [0.2, 0.25) is 5.88 Å². The van der Waals surface area contributed by atoms with E-state index >= 15 is 0 Å². The van der Waals surface area contributed by atoms with Crippen molar-refractivity contribution in [2.24, 2.45) is 4.99 Å². The fraction of sp³-hybridized carbons (Fsp3) is 0.526. The molecule has 2 aromatic rings. The highest BCUT2D eigenvalue weighted by Crippen LogP contribution is 2.22. The van der Waals surface area contributed by atoms with Crippen LogP contribution in [0.5, 0.6) is 5.88 Å². The predicted molar refractivity (Wildman–Crippen MR) is 118 cm³/mol. The van der Waals surface area contributed by atoms with E-state index in [2.05, 4.69) is 39.6 Å². The van der Waals surface area contributed by atoms with E-state index in [9.17, 15) is 0 Å². The number of hydrogen-bond acceptors (Lipinski definition) is 5. The van der Waals surface area contributed by atoms with Gasteiger partial charge < -0.3 is 19.9 Å². The van der Waals surface area contributed by atoms with Gasteiger partial charge in [0.05, 0.1) is 25.9 Å². The number of nitrogens with one attached hydrogen (secondary N) is 2. The van der Waals surface area contributed by atoms with Gasteiger partial charge in [0.25, 0.3) is 0 Å². The fourth-order valence-electron chi connectivity index (χ4n) is 2.72. The molecule has 27 heavy (non-hydrogen) atoms. The monoisotopic (exact) mass is 487 g/mol. The zero-order chi connectivity index (χ0) is 18.8. The molecule has 0 aliphatic carbocycles. The molecule has 2 rings (SSSR count). The third kappa shape index (κ3) is 7.00. The topological polar surface area (TPSA) is 84.6 Å². The molecule has 0 saturated heterocycles. The maximum atomic E-state index is 5.45. The van der Waals surface area contributed by atoms with Crippen LogP contribution in [-0.2, 0) is 13.1 Å². The number of nitrogens with zero attached hydrogens (tertiary/aromatic N) is 3. The number of aromatic nitrogens is 2. The van der Waals surface area contributed by atoms with Gasteiger partial charge in [-0.25, -0.2) is 9.98 Å². The molecule has 0 saturated carbocycles. The first-order chi connectivity index (χ1) is 12.7. The number of ether oxygens (including phenoxy) is 1. The summed E-state index contributed by atoms with van der Waals surface area (Å²) in [6, 6.07) is 5.86. The summed E-state index contributed by atoms with van der Waals surface area (Å²) >= 11 is 0. The van der Waals surface area contributed by atoms with Gasteiger partial charge in [0.1, 0.15) is 0 Å². The molecule has 2 N–H and O–H groups in total. The maximum absolute atomic E-state index is 5.45. The molecule has 7 nitrogen and oxygen atoms in total. The fourth-order valence-corrected chi connectivity index (χ4v) is 2.72. The predicted octanol–water partition coefficient (Wildman–Crippen LogP) is 3.86. The smallest absolute Gasteiger partial charge is 0.218 e. The molecule has 150 valence electrons. The molecule has 0 spiro atoms. The summed E-state index contributed by atoms with van der Waals surface area (Å²) in [6.45, 7) is 8.14. The Kier molecular flexibility index (Phi) is 10.8. The normalized spacial score (nSPS) is 11.2. The van der Waals surface area contributed by atoms with E-state index in [-0.39, 0.29) is 24.0 Å². The molecule has 0 radical (unpaired) electrons. The summed E-state index contributed by atoms with van der Waals surface area (Å²) in [5.41, 5.74) is 1.96. The summed E-state index contributed by atoms with van der Waals surface area (Å²) in [5.74, 6) is 2.56. The highest BCUT2D eigenvalue weighted by molar-refractivity contribution is 14.0. The van der Waals surface area contributed by atoms with E-state index < -0.39 is 0 Å². The summed E-state index contributed by atoms with van der Waals surface area (Å²) < 4.78 is 10.7. The van der Waals surface area contributed by atoms with E-state index in [1.54, 1.807) is 13.3 Å². The van der Waals surface area contributed by atoms with Gasteiger partial charge in [-0.2, -0.15) is 0 Å². The van der Waals surface area contributed by atoms with Crippen molar-refractivity contribution in [2.75, 3.05) is 13.7 Å². The van der Waals surface area contributed by atoms with Crippen molar-refractivity contribution in [2.45, 2.75) is 52.6 Å². The van der Waals surface area contributed by atoms with Crippen LogP contribution >= 0.6 is 24.0 Å². The molecule has 0 atom stereocenters. The van der Waals surface area contributed by atoms with Gasteiger partial charge in [0.15, 0.2) is 11.7 Å². The van der Waals surface area contributed by atoms with Crippen LogP contribution in [0.25, 0.3) is 0 Å². The van der Waals surface area contributed by atoms with Gasteiger partial charge >= 0.3 is 0 Å². The SMILES string of the molecule is CCNC(=NCc1cccnc1OC)NCc1cc(C(CC)CC)no1.I. The largest absolute Gasteiger partial charge is 0.481 e. The Morgan fingerprint density at radius 3 is 2.70 bits per heavy atom. The van der Waals surface area contributed by atoms with Crippen LogP contribution in [0.2, 0.25) is 0 Å². The molecule has 2 heterocycles. The molecule has 2 aromatic heterocycles. The molecular weight excluding hydrogens is 457 g/mol. The summed E-state index contributed by atoms with van der Waals surface area (Å²) in [4.78, 5) is 8.79. The number of aliphatic imine (C=N–C) groups is 1. The second-order valence-electron chi connectivity index (χ2n) is 5.95. The van der Waals surface area contributed by atoms with Crippen LogP contribution in [0.3, 0.4) is 0 Å². The summed E-state index contributed by atoms with van der Waals surface area (Å²) in [6.07, 6.45) is 3.83. The summed E-state index contributed by atoms with van der Waals surface area (Å²) in [7, 11) is 1.61. The number of halogens is 1. The third-order valence-corrected chi connectivity index (χ3v) is 4.21. The number of rotatable bonds is 9. The van der Waals surface area contributed by atoms with Crippen molar-refractivity contribution in [3.05, 3.63) is 41.4 Å². The van der Waals surface area contributed by atoms with Crippen LogP contribution < -0.4 is 15.4 Å². The quantitative estimate of drug-likeness (QED) is 0.318. The van der Waals surface area contributed by atoms with E-state index in [1.807, 2.05) is 25.1 Å². The molecular formula is C19H30IN5O2. The second-order valence-corrected chi connectivity index (χ2v) is 5.95. The zero-order valence-electron chi connectivity index (χ0n) is 16.5. The van der Waals surface area contributed by atoms with E-state index in [1.165, 1.54) is 0 Å². The average molecular weight is 487 g/mol. The lowest BCUT2D eigenvalue weighted by atomic mass is 9.99. The second kappa shape index (κ2) is 12.5. The van der Waals surface area contributed by atoms with Crippen molar-refractivity contribution >= 4 is 29.9 Å². The van der Waals surface area contributed by atoms with Gasteiger partial charge in [-0.3, -0.25) is 0 Å². The van der Waals surface area contributed by atoms with Gasteiger partial charge in [-0.05, 0) is 25.8 Å². The van der Waals surface area contributed by atoms with Crippen LogP contribution in [-0.4, -0.2) is 29.8 Å². The van der Waals surface area contributed by atoms with Crippen LogP contribution in [0.4, 0.5) is 0 Å². The minimum absolute atomic E-state index is 0. The standard InChI is InChI=1S/C19H29N5O2.HI/c1-5-14(6-2)17-11-16(26-24-17)13-23-19(20-7-3)22-12-15-9-8-10-21-18(15)25-4;/h8-11,14H,5-7,12-13H2,1-4H3,(H2,20,22,23);1H. The molecule has 0 unspecified atom stereocenters. The first-order valence-corrected chi connectivity index (χ1v) is 9.17. The maximum Gasteiger partial charge on any atom is 0.218 e. The molecule has 0 aliphatic rings. The third-order valence-electron chi connectivity index (χ3n) is 4.21. The van der Waals surface area contributed by atoms with Crippen LogP contribution in [0.1, 0.15) is 56.5 Å². The first kappa shape index (κ1) is 23.2. The van der Waals surface area contributed by atoms with Crippen LogP contribution in [0.15, 0.2) is 33.9 Å². The van der Waals surface area contributed by atoms with E-state index in [0.717, 1.165) is 36.4 Å². The minimum Gasteiger partial charge on any atom is -0.481 e. The van der Waals surface area contributed by atoms with Crippen molar-refractivity contribution in [1.82, 2.24) is 20.8 Å². The van der Waals surface area contributed by atoms with E-state index in [0.29, 0.717) is 30.8 Å². The molecule has 0 amide bonds. The Labute approximate surface area is 178 Å². The average Bonchev–Trinajstić information content (AvgIpc) is 3.14. The Morgan fingerprint density at radius 1 is 1.26 bits per heavy atom. The molecule has 0 aliphatic heterocycles. The Hall–Kier alpha value is -1.84. The molecule has 0 aromatic carbocycles. The Morgan fingerprint density at radius 2 is 2.04 bits per heavy atom. The number of pyridine rings is 1. The van der Waals surface area contributed by atoms with Gasteiger partial charge in [-0.1, -0.05) is 25.1 Å². The van der Waals surface area contributed by atoms with Crippen molar-refractivity contribution < 1.29 is 9.26 Å². The van der Waals surface area contributed by atoms with Gasteiger partial charge in [-0.15, -0.1) is 24.0 Å². The molecule has 0 bridgehead atoms. The Balaban J connectivity index is 0.00000364. The first-order valence-electron chi connectivity index (χ1n) is 9.17. The zero-order valence-corrected chi connectivity index (χ0v) is 18.8. The number of guanidine groups is 1. The number of methoxy groups -OCH3 is 1. The Bertz CT molecular complexity index is 701. The minimum atomic E-state index is 0. The summed E-state index contributed by atoms with van der Waals surface area (Å²) in [5, 5.41) is 10.7. The van der Waals surface area contributed by atoms with Gasteiger partial charge in [0, 0.05) is 30.3 Å². The van der Waals surface area contributed by atoms with Crippen molar-refractivity contribution in [1.29, 1.82) is 0 Å². The lowest BCUT2D eigenvalue weighted by molar-refractivity contribution is 0.368. The lowest BCUT2D eigenvalue weighted by Gasteiger charge is -2.10. The molecule has 8 heteroatoms.